The van der Waals surface area contributed by atoms with E-state index in [0.717, 1.165) is 0 Å². The molecule has 0 aliphatic heterocycles. The lowest BCUT2D eigenvalue weighted by molar-refractivity contribution is -0.111. The summed E-state index contributed by atoms with van der Waals surface area (Å²) in [5.41, 5.74) is 0.975. The van der Waals surface area contributed by atoms with Gasteiger partial charge in [-0.25, -0.2) is 0 Å². The largest absolute Gasteiger partial charge is 0.504 e. The third kappa shape index (κ3) is 4.15. The monoisotopic (exact) mass is 366 g/mol. The Hall–Kier alpha value is -2.44. The molecule has 0 bridgehead atoms. The lowest BCUT2D eigenvalue weighted by Crippen LogP contribution is -2.22. The maximum absolute atomic E-state index is 12.5. The molecule has 1 atom stereocenters. The minimum absolute atomic E-state index is 0.00207. The number of benzene rings is 1. The zero-order chi connectivity index (χ0) is 18.6. The standard InChI is InChI=1S/C18H19ClO6/c1-23-15-8-11(9-16(24-2)18(15)25-3)13(20)5-4-10-6-12(19)17(22)14(21)7-10/h4-8,15,21-22H,9H2,1-3H3/b5-4+. The van der Waals surface area contributed by atoms with Gasteiger partial charge in [-0.05, 0) is 29.8 Å². The van der Waals surface area contributed by atoms with E-state index in [1.807, 2.05) is 0 Å². The van der Waals surface area contributed by atoms with Crippen LogP contribution in [-0.4, -0.2) is 43.4 Å². The Morgan fingerprint density at radius 3 is 2.52 bits per heavy atom. The fourth-order valence-corrected chi connectivity index (χ4v) is 2.69. The number of halogens is 1. The summed E-state index contributed by atoms with van der Waals surface area (Å²) in [4.78, 5) is 12.5. The number of aromatic hydroxyl groups is 2. The maximum atomic E-state index is 12.5. The van der Waals surface area contributed by atoms with Gasteiger partial charge in [0.15, 0.2) is 23.0 Å². The summed E-state index contributed by atoms with van der Waals surface area (Å²) in [5, 5.41) is 19.0. The van der Waals surface area contributed by atoms with E-state index in [2.05, 4.69) is 0 Å². The molecule has 6 nitrogen and oxygen atoms in total. The van der Waals surface area contributed by atoms with Gasteiger partial charge in [0, 0.05) is 19.1 Å². The average molecular weight is 367 g/mol. The number of hydrogen-bond acceptors (Lipinski definition) is 6. The van der Waals surface area contributed by atoms with E-state index in [0.29, 0.717) is 22.7 Å². The molecule has 1 aromatic rings. The van der Waals surface area contributed by atoms with Crippen molar-refractivity contribution in [3.05, 3.63) is 52.0 Å². The van der Waals surface area contributed by atoms with E-state index < -0.39 is 11.9 Å². The molecule has 0 saturated carbocycles. The molecule has 1 aliphatic carbocycles. The van der Waals surface area contributed by atoms with Crippen LogP contribution in [0.1, 0.15) is 12.0 Å². The van der Waals surface area contributed by atoms with Crippen molar-refractivity contribution >= 4 is 23.5 Å². The second-order valence-electron chi connectivity index (χ2n) is 5.29. The molecule has 0 spiro atoms. The number of allylic oxidation sites excluding steroid dienone is 2. The molecule has 1 aliphatic rings. The molecule has 2 rings (SSSR count). The summed E-state index contributed by atoms with van der Waals surface area (Å²) in [6.45, 7) is 0. The SMILES string of the molecule is COC1=C(OC)C(OC)C=C(C(=O)/C=C/c2cc(O)c(O)c(Cl)c2)C1. The lowest BCUT2D eigenvalue weighted by atomic mass is 9.96. The fraction of sp³-hybridized carbons (Fsp3) is 0.278. The Balaban J connectivity index is 2.22. The molecule has 134 valence electrons. The van der Waals surface area contributed by atoms with Crippen LogP contribution in [0.4, 0.5) is 0 Å². The fourth-order valence-electron chi connectivity index (χ4n) is 2.46. The number of ether oxygens (including phenoxy) is 3. The van der Waals surface area contributed by atoms with Crippen LogP contribution in [0.15, 0.2) is 41.4 Å². The van der Waals surface area contributed by atoms with Crippen molar-refractivity contribution in [2.45, 2.75) is 12.5 Å². The molecule has 0 aromatic heterocycles. The molecule has 0 amide bonds. The van der Waals surface area contributed by atoms with Crippen LogP contribution < -0.4 is 0 Å². The first-order chi connectivity index (χ1) is 11.9. The molecular formula is C18H19ClO6. The van der Waals surface area contributed by atoms with Crippen LogP contribution in [0, 0.1) is 0 Å². The number of carbonyl (C=O) groups is 1. The topological polar surface area (TPSA) is 85.2 Å². The molecule has 1 unspecified atom stereocenters. The Morgan fingerprint density at radius 2 is 1.96 bits per heavy atom. The van der Waals surface area contributed by atoms with Crippen molar-refractivity contribution < 1.29 is 29.2 Å². The van der Waals surface area contributed by atoms with Gasteiger partial charge in [-0.1, -0.05) is 17.7 Å². The summed E-state index contributed by atoms with van der Waals surface area (Å²) in [6.07, 6.45) is 4.30. The highest BCUT2D eigenvalue weighted by Crippen LogP contribution is 2.34. The summed E-state index contributed by atoms with van der Waals surface area (Å²) in [5.74, 6) is 0.0606. The zero-order valence-corrected chi connectivity index (χ0v) is 14.8. The lowest BCUT2D eigenvalue weighted by Gasteiger charge is -2.24. The first-order valence-corrected chi connectivity index (χ1v) is 7.77. The number of phenols is 2. The van der Waals surface area contributed by atoms with Gasteiger partial charge in [0.25, 0.3) is 0 Å². The number of carbonyl (C=O) groups excluding carboxylic acids is 1. The summed E-state index contributed by atoms with van der Waals surface area (Å²) >= 11 is 5.80. The molecule has 1 aromatic carbocycles. The summed E-state index contributed by atoms with van der Waals surface area (Å²) in [6, 6.07) is 2.75. The van der Waals surface area contributed by atoms with Crippen LogP contribution in [0.25, 0.3) is 6.08 Å². The van der Waals surface area contributed by atoms with E-state index in [1.54, 1.807) is 6.08 Å². The molecule has 0 saturated heterocycles. The van der Waals surface area contributed by atoms with Gasteiger partial charge in [-0.3, -0.25) is 4.79 Å². The highest BCUT2D eigenvalue weighted by molar-refractivity contribution is 6.32. The Labute approximate surface area is 150 Å². The van der Waals surface area contributed by atoms with Crippen LogP contribution in [0.3, 0.4) is 0 Å². The van der Waals surface area contributed by atoms with Crippen molar-refractivity contribution in [2.24, 2.45) is 0 Å². The second kappa shape index (κ2) is 8.09. The van der Waals surface area contributed by atoms with Crippen molar-refractivity contribution in [3.8, 4) is 11.5 Å². The van der Waals surface area contributed by atoms with Crippen molar-refractivity contribution in [1.82, 2.24) is 0 Å². The molecule has 2 N–H and O–H groups in total. The van der Waals surface area contributed by atoms with Gasteiger partial charge < -0.3 is 24.4 Å². The molecule has 25 heavy (non-hydrogen) atoms. The number of hydrogen-bond donors (Lipinski definition) is 2. The van der Waals surface area contributed by atoms with Gasteiger partial charge >= 0.3 is 0 Å². The maximum Gasteiger partial charge on any atom is 0.182 e. The first-order valence-electron chi connectivity index (χ1n) is 7.39. The molecule has 0 radical (unpaired) electrons. The van der Waals surface area contributed by atoms with E-state index >= 15 is 0 Å². The third-order valence-electron chi connectivity index (χ3n) is 3.77. The van der Waals surface area contributed by atoms with Crippen LogP contribution in [0.2, 0.25) is 5.02 Å². The molecular weight excluding hydrogens is 348 g/mol. The Morgan fingerprint density at radius 1 is 1.24 bits per heavy atom. The number of methoxy groups -OCH3 is 3. The van der Waals surface area contributed by atoms with Crippen molar-refractivity contribution in [2.75, 3.05) is 21.3 Å². The number of rotatable bonds is 6. The smallest absolute Gasteiger partial charge is 0.182 e. The van der Waals surface area contributed by atoms with Crippen molar-refractivity contribution in [3.63, 3.8) is 0 Å². The van der Waals surface area contributed by atoms with Crippen LogP contribution in [-0.2, 0) is 19.0 Å². The summed E-state index contributed by atoms with van der Waals surface area (Å²) in [7, 11) is 4.53. The quantitative estimate of drug-likeness (QED) is 0.594. The highest BCUT2D eigenvalue weighted by atomic mass is 35.5. The van der Waals surface area contributed by atoms with Gasteiger partial charge in [-0.2, -0.15) is 0 Å². The first kappa shape index (κ1) is 18.9. The highest BCUT2D eigenvalue weighted by Gasteiger charge is 2.27. The van der Waals surface area contributed by atoms with Crippen LogP contribution >= 0.6 is 11.6 Å². The zero-order valence-electron chi connectivity index (χ0n) is 14.1. The normalized spacial score (nSPS) is 17.6. The third-order valence-corrected chi connectivity index (χ3v) is 4.05. The average Bonchev–Trinajstić information content (AvgIpc) is 2.62. The molecule has 0 heterocycles. The van der Waals surface area contributed by atoms with E-state index in [-0.39, 0.29) is 23.0 Å². The van der Waals surface area contributed by atoms with Gasteiger partial charge in [-0.15, -0.1) is 0 Å². The minimum Gasteiger partial charge on any atom is -0.504 e. The molecule has 7 heteroatoms. The minimum atomic E-state index is -0.506. The Bertz CT molecular complexity index is 740. The number of ketones is 1. The van der Waals surface area contributed by atoms with E-state index in [4.69, 9.17) is 25.8 Å². The Kier molecular flexibility index (Phi) is 6.12. The van der Waals surface area contributed by atoms with Gasteiger partial charge in [0.2, 0.25) is 0 Å². The second-order valence-corrected chi connectivity index (χ2v) is 5.70. The number of phenolic OH excluding ortho intramolecular Hbond substituents is 2. The van der Waals surface area contributed by atoms with Crippen molar-refractivity contribution in [1.29, 1.82) is 0 Å². The van der Waals surface area contributed by atoms with Crippen LogP contribution in [0.5, 0.6) is 11.5 Å². The van der Waals surface area contributed by atoms with E-state index in [1.165, 1.54) is 45.6 Å². The predicted octanol–water partition coefficient (Wildman–Crippen LogP) is 3.18. The van der Waals surface area contributed by atoms with E-state index in [9.17, 15) is 15.0 Å². The summed E-state index contributed by atoms with van der Waals surface area (Å²) < 4.78 is 15.9. The van der Waals surface area contributed by atoms with Gasteiger partial charge in [0.05, 0.1) is 19.2 Å². The predicted molar refractivity (Wildman–Crippen MR) is 93.4 cm³/mol. The van der Waals surface area contributed by atoms with Gasteiger partial charge in [0.1, 0.15) is 11.9 Å². The molecule has 0 fully saturated rings.